The molecule has 0 spiro atoms. The van der Waals surface area contributed by atoms with Crippen LogP contribution in [-0.2, 0) is 19.4 Å². The molecule has 13 heavy (non-hydrogen) atoms. The van der Waals surface area contributed by atoms with Crippen molar-refractivity contribution in [2.75, 3.05) is 6.61 Å². The summed E-state index contributed by atoms with van der Waals surface area (Å²) in [5.74, 6) is 0. The molecule has 3 nitrogen and oxygen atoms in total. The number of aliphatic hydroxyl groups is 1. The molecule has 0 saturated carbocycles. The minimum atomic E-state index is 0.264. The molecular weight excluding hydrogens is 164 g/mol. The molecule has 3 heteroatoms. The van der Waals surface area contributed by atoms with E-state index in [0.29, 0.717) is 0 Å². The second-order valence-corrected chi connectivity index (χ2v) is 3.11. The summed E-state index contributed by atoms with van der Waals surface area (Å²) in [5.41, 5.74) is 2.61. The van der Waals surface area contributed by atoms with Crippen molar-refractivity contribution < 1.29 is 5.11 Å². The summed E-state index contributed by atoms with van der Waals surface area (Å²) in [7, 11) is 0. The van der Waals surface area contributed by atoms with Gasteiger partial charge in [-0.15, -0.1) is 0 Å². The number of hydrogen-bond donors (Lipinski definition) is 1. The lowest BCUT2D eigenvalue weighted by molar-refractivity contribution is 0.288. The fraction of sp³-hybridized carbons (Fsp3) is 0.700. The molecule has 1 rings (SSSR count). The first kappa shape index (κ1) is 10.3. The molecular formula is C10H18N2O. The maximum absolute atomic E-state index is 8.73. The Kier molecular flexibility index (Phi) is 3.96. The van der Waals surface area contributed by atoms with Crippen LogP contribution in [0.2, 0.25) is 0 Å². The summed E-state index contributed by atoms with van der Waals surface area (Å²) in [4.78, 5) is 0. The Morgan fingerprint density at radius 3 is 2.77 bits per heavy atom. The zero-order chi connectivity index (χ0) is 9.68. The predicted molar refractivity (Wildman–Crippen MR) is 52.7 cm³/mol. The van der Waals surface area contributed by atoms with E-state index < -0.39 is 0 Å². The molecule has 0 bridgehead atoms. The Morgan fingerprint density at radius 2 is 2.23 bits per heavy atom. The van der Waals surface area contributed by atoms with Crippen LogP contribution in [-0.4, -0.2) is 21.5 Å². The zero-order valence-electron chi connectivity index (χ0n) is 8.45. The van der Waals surface area contributed by atoms with Gasteiger partial charge in [-0.25, -0.2) is 0 Å². The Balaban J connectivity index is 2.75. The third-order valence-electron chi connectivity index (χ3n) is 2.27. The van der Waals surface area contributed by atoms with Crippen molar-refractivity contribution in [3.8, 4) is 0 Å². The second-order valence-electron chi connectivity index (χ2n) is 3.11. The van der Waals surface area contributed by atoms with Crippen molar-refractivity contribution in [1.82, 2.24) is 9.78 Å². The Hall–Kier alpha value is -0.830. The highest BCUT2D eigenvalue weighted by Crippen LogP contribution is 2.11. The second kappa shape index (κ2) is 5.02. The molecule has 0 unspecified atom stereocenters. The van der Waals surface area contributed by atoms with Gasteiger partial charge in [-0.3, -0.25) is 4.68 Å². The standard InChI is InChI=1S/C10H18N2O/c1-3-10-9(6-5-7-13)8-11-12(10)4-2/h8,13H,3-7H2,1-2H3. The van der Waals surface area contributed by atoms with E-state index in [4.69, 9.17) is 5.11 Å². The van der Waals surface area contributed by atoms with Crippen molar-refractivity contribution in [2.45, 2.75) is 39.7 Å². The van der Waals surface area contributed by atoms with Crippen molar-refractivity contribution in [3.63, 3.8) is 0 Å². The quantitative estimate of drug-likeness (QED) is 0.747. The Morgan fingerprint density at radius 1 is 1.46 bits per heavy atom. The molecule has 0 radical (unpaired) electrons. The summed E-state index contributed by atoms with van der Waals surface area (Å²) in [6.07, 6.45) is 4.73. The predicted octanol–water partition coefficient (Wildman–Crippen LogP) is 1.39. The van der Waals surface area contributed by atoms with E-state index in [1.165, 1.54) is 11.3 Å². The summed E-state index contributed by atoms with van der Waals surface area (Å²) in [6, 6.07) is 0. The van der Waals surface area contributed by atoms with Crippen LogP contribution in [0.1, 0.15) is 31.5 Å². The van der Waals surface area contributed by atoms with Crippen molar-refractivity contribution >= 4 is 0 Å². The molecule has 0 amide bonds. The number of aromatic nitrogens is 2. The third kappa shape index (κ3) is 2.31. The molecule has 0 fully saturated rings. The van der Waals surface area contributed by atoms with Crippen molar-refractivity contribution in [1.29, 1.82) is 0 Å². The molecule has 0 aliphatic rings. The van der Waals surface area contributed by atoms with Gasteiger partial charge in [0.15, 0.2) is 0 Å². The number of hydrogen-bond acceptors (Lipinski definition) is 2. The summed E-state index contributed by atoms with van der Waals surface area (Å²) < 4.78 is 2.03. The molecule has 1 N–H and O–H groups in total. The fourth-order valence-corrected chi connectivity index (χ4v) is 1.61. The maximum atomic E-state index is 8.73. The first-order chi connectivity index (χ1) is 6.33. The number of rotatable bonds is 5. The van der Waals surface area contributed by atoms with Gasteiger partial charge >= 0.3 is 0 Å². The van der Waals surface area contributed by atoms with Gasteiger partial charge in [0.05, 0.1) is 6.20 Å². The highest BCUT2D eigenvalue weighted by Gasteiger charge is 2.06. The van der Waals surface area contributed by atoms with Crippen LogP contribution < -0.4 is 0 Å². The van der Waals surface area contributed by atoms with Gasteiger partial charge in [0.25, 0.3) is 0 Å². The smallest absolute Gasteiger partial charge is 0.0524 e. The molecule has 1 heterocycles. The van der Waals surface area contributed by atoms with Gasteiger partial charge in [-0.1, -0.05) is 6.92 Å². The van der Waals surface area contributed by atoms with E-state index in [-0.39, 0.29) is 6.61 Å². The molecule has 1 aromatic heterocycles. The van der Waals surface area contributed by atoms with E-state index in [1.54, 1.807) is 0 Å². The third-order valence-corrected chi connectivity index (χ3v) is 2.27. The first-order valence-corrected chi connectivity index (χ1v) is 4.97. The maximum Gasteiger partial charge on any atom is 0.0524 e. The van der Waals surface area contributed by atoms with Crippen LogP contribution in [0, 0.1) is 0 Å². The van der Waals surface area contributed by atoms with E-state index in [0.717, 1.165) is 25.8 Å². The van der Waals surface area contributed by atoms with Crippen LogP contribution in [0.15, 0.2) is 6.20 Å². The van der Waals surface area contributed by atoms with E-state index in [2.05, 4.69) is 18.9 Å². The molecule has 0 aliphatic heterocycles. The van der Waals surface area contributed by atoms with Gasteiger partial charge < -0.3 is 5.11 Å². The largest absolute Gasteiger partial charge is 0.396 e. The molecule has 1 aromatic rings. The van der Waals surface area contributed by atoms with E-state index in [9.17, 15) is 0 Å². The lowest BCUT2D eigenvalue weighted by Crippen LogP contribution is -2.03. The fourth-order valence-electron chi connectivity index (χ4n) is 1.61. The average molecular weight is 182 g/mol. The Labute approximate surface area is 79.4 Å². The van der Waals surface area contributed by atoms with Gasteiger partial charge in [-0.2, -0.15) is 5.10 Å². The normalized spacial score (nSPS) is 10.7. The first-order valence-electron chi connectivity index (χ1n) is 4.97. The summed E-state index contributed by atoms with van der Waals surface area (Å²) in [5, 5.41) is 13.0. The van der Waals surface area contributed by atoms with Gasteiger partial charge in [0.2, 0.25) is 0 Å². The van der Waals surface area contributed by atoms with Crippen LogP contribution in [0.4, 0.5) is 0 Å². The van der Waals surface area contributed by atoms with Gasteiger partial charge in [0.1, 0.15) is 0 Å². The molecule has 74 valence electrons. The summed E-state index contributed by atoms with van der Waals surface area (Å²) >= 11 is 0. The molecule has 0 aliphatic carbocycles. The highest BCUT2D eigenvalue weighted by atomic mass is 16.2. The lowest BCUT2D eigenvalue weighted by Gasteiger charge is -2.04. The van der Waals surface area contributed by atoms with Gasteiger partial charge in [0, 0.05) is 18.8 Å². The highest BCUT2D eigenvalue weighted by molar-refractivity contribution is 5.17. The molecule has 0 aromatic carbocycles. The monoisotopic (exact) mass is 182 g/mol. The van der Waals surface area contributed by atoms with Crippen LogP contribution >= 0.6 is 0 Å². The van der Waals surface area contributed by atoms with Crippen LogP contribution in [0.3, 0.4) is 0 Å². The average Bonchev–Trinajstić information content (AvgIpc) is 2.56. The molecule has 0 atom stereocenters. The lowest BCUT2D eigenvalue weighted by atomic mass is 10.1. The van der Waals surface area contributed by atoms with E-state index in [1.807, 2.05) is 10.9 Å². The SMILES string of the molecule is CCc1c(CCCO)cnn1CC. The number of aryl methyl sites for hydroxylation is 2. The Bertz CT molecular complexity index is 255. The number of aliphatic hydroxyl groups excluding tert-OH is 1. The van der Waals surface area contributed by atoms with Gasteiger partial charge in [-0.05, 0) is 31.7 Å². The zero-order valence-corrected chi connectivity index (χ0v) is 8.45. The van der Waals surface area contributed by atoms with Crippen LogP contribution in [0.5, 0.6) is 0 Å². The minimum Gasteiger partial charge on any atom is -0.396 e. The van der Waals surface area contributed by atoms with E-state index >= 15 is 0 Å². The topological polar surface area (TPSA) is 38.1 Å². The minimum absolute atomic E-state index is 0.264. The van der Waals surface area contributed by atoms with Crippen LogP contribution in [0.25, 0.3) is 0 Å². The number of nitrogens with zero attached hydrogens (tertiary/aromatic N) is 2. The van der Waals surface area contributed by atoms with Crippen molar-refractivity contribution in [3.05, 3.63) is 17.5 Å². The summed E-state index contributed by atoms with van der Waals surface area (Å²) in [6.45, 7) is 5.44. The molecule has 0 saturated heterocycles. The van der Waals surface area contributed by atoms with Crippen molar-refractivity contribution in [2.24, 2.45) is 0 Å².